The van der Waals surface area contributed by atoms with E-state index in [9.17, 15) is 4.79 Å². The van der Waals surface area contributed by atoms with Crippen LogP contribution in [0.15, 0.2) is 12.1 Å². The average molecular weight is 260 g/mol. The molecule has 17 heavy (non-hydrogen) atoms. The van der Waals surface area contributed by atoms with Gasteiger partial charge in [0.05, 0.1) is 25.8 Å². The Kier molecular flexibility index (Phi) is 5.06. The molecule has 0 saturated heterocycles. The first-order valence-electron chi connectivity index (χ1n) is 4.92. The van der Waals surface area contributed by atoms with Gasteiger partial charge in [0, 0.05) is 6.54 Å². The molecular weight excluding hydrogens is 246 g/mol. The lowest BCUT2D eigenvalue weighted by Crippen LogP contribution is -2.22. The SMILES string of the molecule is COc1ccc(CNCC(=O)O)c(Cl)c1OC. The Labute approximate surface area is 104 Å². The highest BCUT2D eigenvalue weighted by Crippen LogP contribution is 2.37. The van der Waals surface area contributed by atoms with Crippen molar-refractivity contribution in [3.63, 3.8) is 0 Å². The van der Waals surface area contributed by atoms with Crippen LogP contribution in [0.3, 0.4) is 0 Å². The van der Waals surface area contributed by atoms with Crippen molar-refractivity contribution in [3.05, 3.63) is 22.7 Å². The van der Waals surface area contributed by atoms with Gasteiger partial charge < -0.3 is 19.9 Å². The van der Waals surface area contributed by atoms with Gasteiger partial charge in [0.15, 0.2) is 11.5 Å². The molecule has 0 bridgehead atoms. The van der Waals surface area contributed by atoms with Crippen molar-refractivity contribution in [2.24, 2.45) is 0 Å². The molecule has 5 nitrogen and oxygen atoms in total. The predicted octanol–water partition coefficient (Wildman–Crippen LogP) is 1.53. The monoisotopic (exact) mass is 259 g/mol. The summed E-state index contributed by atoms with van der Waals surface area (Å²) in [7, 11) is 3.02. The molecule has 0 aliphatic rings. The van der Waals surface area contributed by atoms with E-state index in [2.05, 4.69) is 5.32 Å². The predicted molar refractivity (Wildman–Crippen MR) is 63.9 cm³/mol. The number of hydrogen-bond acceptors (Lipinski definition) is 4. The van der Waals surface area contributed by atoms with Gasteiger partial charge in [0.25, 0.3) is 0 Å². The van der Waals surface area contributed by atoms with Crippen molar-refractivity contribution in [1.29, 1.82) is 0 Å². The molecule has 94 valence electrons. The molecule has 1 rings (SSSR count). The average Bonchev–Trinajstić information content (AvgIpc) is 2.30. The summed E-state index contributed by atoms with van der Waals surface area (Å²) in [6, 6.07) is 3.49. The lowest BCUT2D eigenvalue weighted by atomic mass is 10.2. The molecule has 0 aromatic heterocycles. The second-order valence-electron chi connectivity index (χ2n) is 3.27. The van der Waals surface area contributed by atoms with Crippen LogP contribution >= 0.6 is 11.6 Å². The van der Waals surface area contributed by atoms with E-state index in [0.717, 1.165) is 5.56 Å². The van der Waals surface area contributed by atoms with Gasteiger partial charge in [0.1, 0.15) is 0 Å². The first kappa shape index (κ1) is 13.6. The second kappa shape index (κ2) is 6.32. The standard InChI is InChI=1S/C11H14ClNO4/c1-16-8-4-3-7(5-13-6-9(14)15)10(12)11(8)17-2/h3-4,13H,5-6H2,1-2H3,(H,14,15). The molecule has 0 aliphatic heterocycles. The summed E-state index contributed by atoms with van der Waals surface area (Å²) in [5.41, 5.74) is 0.755. The quantitative estimate of drug-likeness (QED) is 0.811. The Morgan fingerprint density at radius 2 is 2.12 bits per heavy atom. The molecule has 0 heterocycles. The van der Waals surface area contributed by atoms with E-state index in [1.807, 2.05) is 0 Å². The molecule has 0 amide bonds. The second-order valence-corrected chi connectivity index (χ2v) is 3.65. The Morgan fingerprint density at radius 3 is 2.65 bits per heavy atom. The number of halogens is 1. The third kappa shape index (κ3) is 3.51. The third-order valence-corrected chi connectivity index (χ3v) is 2.57. The van der Waals surface area contributed by atoms with Gasteiger partial charge in [-0.25, -0.2) is 0 Å². The smallest absolute Gasteiger partial charge is 0.317 e. The fourth-order valence-electron chi connectivity index (χ4n) is 1.37. The molecule has 0 atom stereocenters. The number of carboxylic acid groups (broad SMARTS) is 1. The molecule has 1 aromatic carbocycles. The summed E-state index contributed by atoms with van der Waals surface area (Å²) in [5, 5.41) is 11.7. The van der Waals surface area contributed by atoms with E-state index >= 15 is 0 Å². The number of aliphatic carboxylic acids is 1. The summed E-state index contributed by atoms with van der Waals surface area (Å²) >= 11 is 6.12. The molecular formula is C11H14ClNO4. The van der Waals surface area contributed by atoms with Crippen molar-refractivity contribution in [2.45, 2.75) is 6.54 Å². The molecule has 0 aliphatic carbocycles. The van der Waals surface area contributed by atoms with Crippen LogP contribution in [0.1, 0.15) is 5.56 Å². The first-order valence-corrected chi connectivity index (χ1v) is 5.29. The van der Waals surface area contributed by atoms with Gasteiger partial charge in [-0.05, 0) is 11.6 Å². The highest BCUT2D eigenvalue weighted by atomic mass is 35.5. The number of methoxy groups -OCH3 is 2. The Balaban J connectivity index is 2.83. The number of carbonyl (C=O) groups is 1. The molecule has 0 spiro atoms. The third-order valence-electron chi connectivity index (χ3n) is 2.16. The zero-order valence-corrected chi connectivity index (χ0v) is 10.4. The van der Waals surface area contributed by atoms with E-state index < -0.39 is 5.97 Å². The summed E-state index contributed by atoms with van der Waals surface area (Å²) < 4.78 is 10.2. The van der Waals surface area contributed by atoms with E-state index in [1.54, 1.807) is 12.1 Å². The maximum atomic E-state index is 10.4. The number of carboxylic acids is 1. The van der Waals surface area contributed by atoms with Crippen molar-refractivity contribution < 1.29 is 19.4 Å². The lowest BCUT2D eigenvalue weighted by Gasteiger charge is -2.12. The van der Waals surface area contributed by atoms with Crippen molar-refractivity contribution >= 4 is 17.6 Å². The Morgan fingerprint density at radius 1 is 1.41 bits per heavy atom. The fraction of sp³-hybridized carbons (Fsp3) is 0.364. The zero-order chi connectivity index (χ0) is 12.8. The normalized spacial score (nSPS) is 10.1. The minimum absolute atomic E-state index is 0.120. The van der Waals surface area contributed by atoms with Gasteiger partial charge in [-0.15, -0.1) is 0 Å². The molecule has 0 radical (unpaired) electrons. The minimum atomic E-state index is -0.915. The van der Waals surface area contributed by atoms with Crippen LogP contribution < -0.4 is 14.8 Å². The molecule has 0 fully saturated rings. The number of ether oxygens (including phenoxy) is 2. The van der Waals surface area contributed by atoms with Crippen LogP contribution in [-0.4, -0.2) is 31.8 Å². The number of nitrogens with one attached hydrogen (secondary N) is 1. The summed E-state index contributed by atoms with van der Waals surface area (Å²) in [5.74, 6) is 0.0740. The Hall–Kier alpha value is -1.46. The number of rotatable bonds is 6. The number of hydrogen-bond donors (Lipinski definition) is 2. The van der Waals surface area contributed by atoms with Gasteiger partial charge in [-0.3, -0.25) is 4.79 Å². The van der Waals surface area contributed by atoms with E-state index in [-0.39, 0.29) is 6.54 Å². The maximum Gasteiger partial charge on any atom is 0.317 e. The van der Waals surface area contributed by atoms with Crippen LogP contribution in [0, 0.1) is 0 Å². The van der Waals surface area contributed by atoms with Gasteiger partial charge in [0.2, 0.25) is 0 Å². The van der Waals surface area contributed by atoms with Crippen LogP contribution in [0.4, 0.5) is 0 Å². The summed E-state index contributed by atoms with van der Waals surface area (Å²) in [6.07, 6.45) is 0. The topological polar surface area (TPSA) is 67.8 Å². The summed E-state index contributed by atoms with van der Waals surface area (Å²) in [4.78, 5) is 10.4. The largest absolute Gasteiger partial charge is 0.493 e. The molecule has 6 heteroatoms. The van der Waals surface area contributed by atoms with E-state index in [4.69, 9.17) is 26.2 Å². The minimum Gasteiger partial charge on any atom is -0.493 e. The first-order chi connectivity index (χ1) is 8.10. The van der Waals surface area contributed by atoms with E-state index in [0.29, 0.717) is 23.1 Å². The van der Waals surface area contributed by atoms with Gasteiger partial charge in [-0.2, -0.15) is 0 Å². The molecule has 0 saturated carbocycles. The van der Waals surface area contributed by atoms with Crippen molar-refractivity contribution in [2.75, 3.05) is 20.8 Å². The maximum absolute atomic E-state index is 10.4. The molecule has 2 N–H and O–H groups in total. The van der Waals surface area contributed by atoms with Crippen LogP contribution in [-0.2, 0) is 11.3 Å². The lowest BCUT2D eigenvalue weighted by molar-refractivity contribution is -0.135. The van der Waals surface area contributed by atoms with Crippen molar-refractivity contribution in [3.8, 4) is 11.5 Å². The Bertz CT molecular complexity index is 409. The molecule has 0 unspecified atom stereocenters. The van der Waals surface area contributed by atoms with Crippen LogP contribution in [0.2, 0.25) is 5.02 Å². The van der Waals surface area contributed by atoms with E-state index in [1.165, 1.54) is 14.2 Å². The van der Waals surface area contributed by atoms with Gasteiger partial charge in [-0.1, -0.05) is 17.7 Å². The fourth-order valence-corrected chi connectivity index (χ4v) is 1.67. The van der Waals surface area contributed by atoms with Crippen LogP contribution in [0.25, 0.3) is 0 Å². The van der Waals surface area contributed by atoms with Gasteiger partial charge >= 0.3 is 5.97 Å². The highest BCUT2D eigenvalue weighted by molar-refractivity contribution is 6.33. The summed E-state index contributed by atoms with van der Waals surface area (Å²) in [6.45, 7) is 0.232. The number of benzene rings is 1. The highest BCUT2D eigenvalue weighted by Gasteiger charge is 2.12. The zero-order valence-electron chi connectivity index (χ0n) is 9.62. The van der Waals surface area contributed by atoms with Crippen molar-refractivity contribution in [1.82, 2.24) is 5.32 Å². The molecule has 1 aromatic rings. The van der Waals surface area contributed by atoms with Crippen LogP contribution in [0.5, 0.6) is 11.5 Å².